The van der Waals surface area contributed by atoms with Crippen molar-refractivity contribution in [3.05, 3.63) is 0 Å². The van der Waals surface area contributed by atoms with E-state index in [1.807, 2.05) is 13.3 Å². The molecule has 0 saturated heterocycles. The molecule has 25 valence electrons. The van der Waals surface area contributed by atoms with Crippen LogP contribution in [-0.4, -0.2) is 20.9 Å². The van der Waals surface area contributed by atoms with Gasteiger partial charge < -0.3 is 0 Å². The second kappa shape index (κ2) is 5.60. The summed E-state index contributed by atoms with van der Waals surface area (Å²) >= 11 is 0. The molecule has 0 N–H and O–H groups in total. The molecule has 0 aliphatic heterocycles. The van der Waals surface area contributed by atoms with Gasteiger partial charge in [0.25, 0.3) is 0 Å². The zero-order chi connectivity index (χ0) is 3.58. The molecule has 0 rings (SSSR count). The Morgan fingerprint density at radius 2 is 1.40 bits per heavy atom. The predicted molar refractivity (Wildman–Crippen MR) is 25.9 cm³/mol. The van der Waals surface area contributed by atoms with E-state index in [0.29, 0.717) is 0 Å². The van der Waals surface area contributed by atoms with E-state index in [9.17, 15) is 0 Å². The van der Waals surface area contributed by atoms with Gasteiger partial charge in [0.05, 0.1) is 0 Å². The summed E-state index contributed by atoms with van der Waals surface area (Å²) in [6.45, 7) is 4.09. The van der Waals surface area contributed by atoms with Gasteiger partial charge in [0.2, 0.25) is 0 Å². The maximum absolute atomic E-state index is 5.21. The van der Waals surface area contributed by atoms with Crippen molar-refractivity contribution in [3.8, 4) is 0 Å². The molecule has 0 bridgehead atoms. The molecule has 0 heterocycles. The van der Waals surface area contributed by atoms with Crippen molar-refractivity contribution in [1.29, 1.82) is 0 Å². The Hall–Kier alpha value is 1.60. The van der Waals surface area contributed by atoms with Crippen LogP contribution >= 0.6 is 7.80 Å². The normalized spacial score (nSPS) is 7.00. The van der Waals surface area contributed by atoms with Crippen LogP contribution in [0.15, 0.2) is 0 Å². The summed E-state index contributed by atoms with van der Waals surface area (Å²) < 4.78 is 0. The molecule has 0 saturated carbocycles. The molecule has 0 nitrogen and oxygen atoms in total. The van der Waals surface area contributed by atoms with Crippen LogP contribution < -0.4 is 0 Å². The van der Waals surface area contributed by atoms with Crippen LogP contribution in [0, 0.1) is 0 Å². The standard InChI is InChI=1S/C2H7BP.Y/c1-4(2)3;/h4H,1-2H3;/q+1;. The van der Waals surface area contributed by atoms with E-state index in [-0.39, 0.29) is 40.5 Å². The molecule has 0 amide bonds. The molecule has 5 heavy (non-hydrogen) atoms. The molecule has 0 aliphatic carbocycles. The third-order valence-electron chi connectivity index (χ3n) is 0. The monoisotopic (exact) mass is 162 g/mol. The third kappa shape index (κ3) is 28.4. The Kier molecular flexibility index (Phi) is 11.0. The Labute approximate surface area is 61.1 Å². The average molecular weight is 162 g/mol. The average Bonchev–Trinajstić information content (AvgIpc) is 0.811. The second-order valence-corrected chi connectivity index (χ2v) is 3.23. The Bertz CT molecular complexity index is 14.4. The smallest absolute Gasteiger partial charge is 0.0593 e. The van der Waals surface area contributed by atoms with Crippen LogP contribution in [0.4, 0.5) is 0 Å². The van der Waals surface area contributed by atoms with Crippen molar-refractivity contribution in [2.45, 2.75) is 0 Å². The summed E-state index contributed by atoms with van der Waals surface area (Å²) in [7, 11) is 4.83. The summed E-state index contributed by atoms with van der Waals surface area (Å²) in [6, 6.07) is 0. The van der Waals surface area contributed by atoms with Gasteiger partial charge in [-0.3, -0.25) is 0 Å². The molecule has 0 spiro atoms. The molecule has 0 aromatic carbocycles. The fourth-order valence-electron chi connectivity index (χ4n) is 0. The van der Waals surface area contributed by atoms with Crippen LogP contribution in [-0.2, 0) is 32.7 Å². The molecule has 3 radical (unpaired) electrons. The molecule has 0 unspecified atom stereocenters. The van der Waals surface area contributed by atoms with Gasteiger partial charge in [0.15, 0.2) is 0 Å². The largest absolute Gasteiger partial charge is 0.361 e. The Morgan fingerprint density at radius 3 is 1.40 bits per heavy atom. The SMILES string of the molecule is [B][PH+](C)C.[Y]. The van der Waals surface area contributed by atoms with Gasteiger partial charge in [-0.15, -0.1) is 0 Å². The van der Waals surface area contributed by atoms with E-state index >= 15 is 0 Å². The van der Waals surface area contributed by atoms with Crippen molar-refractivity contribution in [1.82, 2.24) is 0 Å². The van der Waals surface area contributed by atoms with Gasteiger partial charge in [0, 0.05) is 46.0 Å². The number of hydrogen-bond donors (Lipinski definition) is 0. The van der Waals surface area contributed by atoms with Gasteiger partial charge in [-0.2, -0.15) is 0 Å². The first kappa shape index (κ1) is 9.78. The van der Waals surface area contributed by atoms with Crippen LogP contribution in [0.3, 0.4) is 0 Å². The van der Waals surface area contributed by atoms with Gasteiger partial charge in [-0.25, -0.2) is 0 Å². The summed E-state index contributed by atoms with van der Waals surface area (Å²) in [5, 5.41) is 0. The van der Waals surface area contributed by atoms with Crippen LogP contribution in [0.1, 0.15) is 0 Å². The first-order chi connectivity index (χ1) is 1.73. The fraction of sp³-hybridized carbons (Fsp3) is 1.00. The second-order valence-electron chi connectivity index (χ2n) is 1.08. The zero-order valence-corrected chi connectivity index (χ0v) is 7.49. The van der Waals surface area contributed by atoms with E-state index in [2.05, 4.69) is 0 Å². The summed E-state index contributed by atoms with van der Waals surface area (Å²) in [5.74, 6) is 0. The maximum atomic E-state index is 5.21. The van der Waals surface area contributed by atoms with Crippen molar-refractivity contribution in [2.24, 2.45) is 0 Å². The van der Waals surface area contributed by atoms with E-state index in [4.69, 9.17) is 7.57 Å². The van der Waals surface area contributed by atoms with Crippen molar-refractivity contribution >= 4 is 15.4 Å². The minimum atomic E-state index is -0.380. The van der Waals surface area contributed by atoms with Gasteiger partial charge in [-0.1, -0.05) is 7.80 Å². The van der Waals surface area contributed by atoms with Crippen LogP contribution in [0.2, 0.25) is 0 Å². The first-order valence-electron chi connectivity index (χ1n) is 1.29. The van der Waals surface area contributed by atoms with E-state index in [1.54, 1.807) is 0 Å². The minimum absolute atomic E-state index is 0. The van der Waals surface area contributed by atoms with Gasteiger partial charge in [0.1, 0.15) is 0 Å². The van der Waals surface area contributed by atoms with E-state index in [0.717, 1.165) is 0 Å². The van der Waals surface area contributed by atoms with E-state index < -0.39 is 0 Å². The van der Waals surface area contributed by atoms with Gasteiger partial charge in [-0.05, 0) is 0 Å². The third-order valence-corrected chi connectivity index (χ3v) is 0. The number of hydrogen-bond acceptors (Lipinski definition) is 0. The van der Waals surface area contributed by atoms with Crippen molar-refractivity contribution in [2.75, 3.05) is 13.3 Å². The molecule has 0 fully saturated rings. The first-order valence-corrected chi connectivity index (χ1v) is 3.87. The Balaban J connectivity index is 0. The quantitative estimate of drug-likeness (QED) is 0.360. The zero-order valence-electron chi connectivity index (χ0n) is 3.65. The summed E-state index contributed by atoms with van der Waals surface area (Å²) in [5.41, 5.74) is 0. The molecule has 0 aromatic heterocycles. The fourth-order valence-corrected chi connectivity index (χ4v) is 0. The molecular formula is C2H7BPY+. The van der Waals surface area contributed by atoms with E-state index in [1.165, 1.54) is 0 Å². The molecule has 3 heteroatoms. The topological polar surface area (TPSA) is 0 Å². The molecular weight excluding hydrogens is 155 g/mol. The van der Waals surface area contributed by atoms with Crippen molar-refractivity contribution < 1.29 is 32.7 Å². The van der Waals surface area contributed by atoms with Gasteiger partial charge >= 0.3 is 7.57 Å². The molecule has 0 aliphatic rings. The number of rotatable bonds is 0. The van der Waals surface area contributed by atoms with Crippen molar-refractivity contribution in [3.63, 3.8) is 0 Å². The maximum Gasteiger partial charge on any atom is 0.361 e. The minimum Gasteiger partial charge on any atom is -0.0593 e. The van der Waals surface area contributed by atoms with Crippen LogP contribution in [0.5, 0.6) is 0 Å². The summed E-state index contributed by atoms with van der Waals surface area (Å²) in [6.07, 6.45) is 0. The summed E-state index contributed by atoms with van der Waals surface area (Å²) in [4.78, 5) is 0. The predicted octanol–water partition coefficient (Wildman–Crippen LogP) is 0.541. The Morgan fingerprint density at radius 1 is 1.40 bits per heavy atom. The molecule has 0 atom stereocenters. The molecule has 0 aromatic rings. The van der Waals surface area contributed by atoms with Crippen LogP contribution in [0.25, 0.3) is 0 Å².